The van der Waals surface area contributed by atoms with Crippen molar-refractivity contribution < 1.29 is 18.8 Å². The number of pyridine rings is 1. The molecule has 12 heteroatoms. The summed E-state index contributed by atoms with van der Waals surface area (Å²) in [6, 6.07) is 4.07. The summed E-state index contributed by atoms with van der Waals surface area (Å²) in [5.41, 5.74) is 1.12. The van der Waals surface area contributed by atoms with E-state index in [0.29, 0.717) is 54.1 Å². The van der Waals surface area contributed by atoms with Crippen LogP contribution < -0.4 is 10.3 Å². The number of fused-ring (bicyclic) bond motifs is 3. The summed E-state index contributed by atoms with van der Waals surface area (Å²) in [5, 5.41) is 9.98. The van der Waals surface area contributed by atoms with E-state index in [2.05, 4.69) is 24.0 Å². The van der Waals surface area contributed by atoms with Gasteiger partial charge in [0.1, 0.15) is 11.9 Å². The second kappa shape index (κ2) is 11.7. The normalized spacial score (nSPS) is 24.9. The smallest absolute Gasteiger partial charge is 0.279 e. The van der Waals surface area contributed by atoms with Crippen molar-refractivity contribution in [1.82, 2.24) is 34.4 Å². The first-order chi connectivity index (χ1) is 22.4. The van der Waals surface area contributed by atoms with Crippen LogP contribution in [-0.4, -0.2) is 79.1 Å². The third-order valence-corrected chi connectivity index (χ3v) is 10.8. The van der Waals surface area contributed by atoms with Gasteiger partial charge in [0, 0.05) is 61.1 Å². The number of Topliss-reactive ketones (excluding diaryl/α,β-unsaturated/α-hetero) is 1. The molecule has 2 saturated heterocycles. The molecule has 12 nitrogen and oxygen atoms in total. The number of aromatic nitrogens is 6. The molecular formula is C34H41N7O5. The molecule has 2 aliphatic carbocycles. The van der Waals surface area contributed by atoms with Gasteiger partial charge in [0.2, 0.25) is 5.88 Å². The minimum absolute atomic E-state index is 0.0920. The molecule has 0 unspecified atom stereocenters. The van der Waals surface area contributed by atoms with Crippen LogP contribution in [-0.2, 0) is 21.4 Å². The van der Waals surface area contributed by atoms with Crippen LogP contribution in [0.1, 0.15) is 88.5 Å². The zero-order valence-electron chi connectivity index (χ0n) is 26.6. The quantitative estimate of drug-likeness (QED) is 0.300. The van der Waals surface area contributed by atoms with Gasteiger partial charge in [-0.25, -0.2) is 9.67 Å². The molecule has 0 bridgehead atoms. The monoisotopic (exact) mass is 627 g/mol. The molecule has 1 spiro atoms. The lowest BCUT2D eigenvalue weighted by molar-refractivity contribution is -0.128. The molecule has 0 radical (unpaired) electrons. The highest BCUT2D eigenvalue weighted by Gasteiger charge is 2.48. The number of ketones is 1. The van der Waals surface area contributed by atoms with Gasteiger partial charge in [-0.1, -0.05) is 11.6 Å². The second-order valence-electron chi connectivity index (χ2n) is 13.6. The van der Waals surface area contributed by atoms with E-state index < -0.39 is 5.41 Å². The van der Waals surface area contributed by atoms with E-state index in [0.717, 1.165) is 81.7 Å². The van der Waals surface area contributed by atoms with E-state index in [9.17, 15) is 9.59 Å². The fourth-order valence-corrected chi connectivity index (χ4v) is 8.26. The first-order valence-electron chi connectivity index (χ1n) is 16.9. The lowest BCUT2D eigenvalue weighted by Crippen LogP contribution is -2.41. The minimum atomic E-state index is -0.598. The van der Waals surface area contributed by atoms with Crippen molar-refractivity contribution in [3.05, 3.63) is 46.2 Å². The van der Waals surface area contributed by atoms with Crippen molar-refractivity contribution >= 4 is 16.7 Å². The van der Waals surface area contributed by atoms with E-state index in [1.165, 1.54) is 0 Å². The van der Waals surface area contributed by atoms with Gasteiger partial charge >= 0.3 is 0 Å². The predicted octanol–water partition coefficient (Wildman–Crippen LogP) is 4.56. The Balaban J connectivity index is 1.21. The maximum absolute atomic E-state index is 13.6. The maximum atomic E-state index is 13.6. The standard InChI is InChI=1S/C34H41N7O5/c1-21(25-8-6-15-39(25)2)45-28-19-27(41-20-22-10-16-40(33(43)29(22)37-41)23-11-17-44-18-12-23)35-32(36-28)30-24-7-5-14-34(31(24)46-38-30)13-4-3-9-26(34)42/h10,16,19-21,23,25H,3-9,11-15,17-18H2,1-2H3/t21-,25-,34+/m0/s1. The molecular weight excluding hydrogens is 586 g/mol. The highest BCUT2D eigenvalue weighted by molar-refractivity contribution is 5.91. The number of likely N-dealkylation sites (N-methyl/N-ethyl adjacent to an activating group) is 1. The van der Waals surface area contributed by atoms with Gasteiger partial charge in [-0.2, -0.15) is 10.1 Å². The van der Waals surface area contributed by atoms with Crippen molar-refractivity contribution in [2.24, 2.45) is 0 Å². The van der Waals surface area contributed by atoms with Gasteiger partial charge in [0.25, 0.3) is 5.56 Å². The van der Waals surface area contributed by atoms with Crippen LogP contribution in [0.25, 0.3) is 28.2 Å². The fourth-order valence-electron chi connectivity index (χ4n) is 8.26. The number of hydrogen-bond acceptors (Lipinski definition) is 10. The summed E-state index contributed by atoms with van der Waals surface area (Å²) in [6.07, 6.45) is 13.1. The summed E-state index contributed by atoms with van der Waals surface area (Å²) in [6.45, 7) is 4.40. The van der Waals surface area contributed by atoms with Gasteiger partial charge in [-0.3, -0.25) is 14.5 Å². The molecule has 4 aromatic rings. The van der Waals surface area contributed by atoms with Crippen molar-refractivity contribution in [3.63, 3.8) is 0 Å². The molecule has 242 valence electrons. The van der Waals surface area contributed by atoms with Crippen LogP contribution in [0.15, 0.2) is 33.8 Å². The molecule has 0 N–H and O–H groups in total. The van der Waals surface area contributed by atoms with Gasteiger partial charge in [-0.05, 0) is 84.4 Å². The molecule has 3 atom stereocenters. The van der Waals surface area contributed by atoms with E-state index in [1.807, 2.05) is 18.5 Å². The Bertz CT molecular complexity index is 1840. The van der Waals surface area contributed by atoms with Crippen LogP contribution in [0, 0.1) is 0 Å². The summed E-state index contributed by atoms with van der Waals surface area (Å²) in [4.78, 5) is 39.0. The van der Waals surface area contributed by atoms with Gasteiger partial charge in [0.15, 0.2) is 28.6 Å². The number of carbonyl (C=O) groups is 1. The molecule has 1 saturated carbocycles. The lowest BCUT2D eigenvalue weighted by atomic mass is 9.64. The van der Waals surface area contributed by atoms with Crippen LogP contribution >= 0.6 is 0 Å². The third kappa shape index (κ3) is 4.97. The molecule has 6 heterocycles. The summed E-state index contributed by atoms with van der Waals surface area (Å²) >= 11 is 0. The molecule has 0 amide bonds. The molecule has 8 rings (SSSR count). The SMILES string of the molecule is C[C@H](Oc1cc(-n2cc3ccn(C4CCOCC4)c(=O)c3n2)nc(-c2noc3c2CCC[C@@]32CCCCC2=O)n1)[C@@H]1CCCN1C. The number of likely N-dealkylation sites (tertiary alicyclic amines) is 1. The number of carbonyl (C=O) groups excluding carboxylic acids is 1. The topological polar surface area (TPSA) is 130 Å². The first kappa shape index (κ1) is 29.5. The van der Waals surface area contributed by atoms with Crippen molar-refractivity contribution in [3.8, 4) is 23.2 Å². The average Bonchev–Trinajstić information content (AvgIpc) is 3.82. The zero-order valence-corrected chi connectivity index (χ0v) is 26.6. The van der Waals surface area contributed by atoms with Crippen LogP contribution in [0.3, 0.4) is 0 Å². The van der Waals surface area contributed by atoms with Crippen LogP contribution in [0.2, 0.25) is 0 Å². The lowest BCUT2D eigenvalue weighted by Gasteiger charge is -2.36. The minimum Gasteiger partial charge on any atom is -0.473 e. The Morgan fingerprint density at radius 2 is 1.89 bits per heavy atom. The summed E-state index contributed by atoms with van der Waals surface area (Å²) in [5.74, 6) is 2.18. The van der Waals surface area contributed by atoms with Gasteiger partial charge < -0.3 is 18.6 Å². The van der Waals surface area contributed by atoms with E-state index in [4.69, 9.17) is 29.1 Å². The van der Waals surface area contributed by atoms with Gasteiger partial charge in [-0.15, -0.1) is 0 Å². The third-order valence-electron chi connectivity index (χ3n) is 10.8. The van der Waals surface area contributed by atoms with Crippen molar-refractivity contribution in [2.45, 2.75) is 101 Å². The molecule has 46 heavy (non-hydrogen) atoms. The largest absolute Gasteiger partial charge is 0.473 e. The molecule has 4 aromatic heterocycles. The Kier molecular flexibility index (Phi) is 7.51. The highest BCUT2D eigenvalue weighted by Crippen LogP contribution is 2.47. The van der Waals surface area contributed by atoms with Crippen molar-refractivity contribution in [1.29, 1.82) is 0 Å². The Morgan fingerprint density at radius 1 is 1.04 bits per heavy atom. The van der Waals surface area contributed by atoms with Gasteiger partial charge in [0.05, 0.1) is 5.41 Å². The van der Waals surface area contributed by atoms with Crippen LogP contribution in [0.4, 0.5) is 0 Å². The first-order valence-corrected chi connectivity index (χ1v) is 16.9. The molecule has 2 aliphatic heterocycles. The average molecular weight is 628 g/mol. The van der Waals surface area contributed by atoms with E-state index in [-0.39, 0.29) is 29.5 Å². The second-order valence-corrected chi connectivity index (χ2v) is 13.6. The highest BCUT2D eigenvalue weighted by atomic mass is 16.5. The Morgan fingerprint density at radius 3 is 2.70 bits per heavy atom. The van der Waals surface area contributed by atoms with E-state index in [1.54, 1.807) is 15.3 Å². The number of hydrogen-bond donors (Lipinski definition) is 0. The predicted molar refractivity (Wildman–Crippen MR) is 169 cm³/mol. The molecule has 0 aromatic carbocycles. The Hall–Kier alpha value is -3.90. The summed E-state index contributed by atoms with van der Waals surface area (Å²) < 4.78 is 21.5. The van der Waals surface area contributed by atoms with E-state index >= 15 is 0 Å². The number of rotatable bonds is 6. The fraction of sp³-hybridized carbons (Fsp3) is 0.588. The number of nitrogens with zero attached hydrogens (tertiary/aromatic N) is 7. The van der Waals surface area contributed by atoms with Crippen molar-refractivity contribution in [2.75, 3.05) is 26.8 Å². The molecule has 4 aliphatic rings. The summed E-state index contributed by atoms with van der Waals surface area (Å²) in [7, 11) is 2.13. The van der Waals surface area contributed by atoms with Crippen LogP contribution in [0.5, 0.6) is 5.88 Å². The Labute approximate surface area is 267 Å². The molecule has 3 fully saturated rings. The maximum Gasteiger partial charge on any atom is 0.279 e. The number of ether oxygens (including phenoxy) is 2. The zero-order chi connectivity index (χ0) is 31.4.